The van der Waals surface area contributed by atoms with Crippen LogP contribution < -0.4 is 10.2 Å². The van der Waals surface area contributed by atoms with Crippen LogP contribution in [0.25, 0.3) is 0 Å². The molecule has 0 radical (unpaired) electrons. The molecule has 5 heteroatoms. The van der Waals surface area contributed by atoms with Crippen molar-refractivity contribution in [2.45, 2.75) is 20.3 Å². The zero-order valence-corrected chi connectivity index (χ0v) is 11.2. The highest BCUT2D eigenvalue weighted by Gasteiger charge is 2.23. The molecule has 2 rings (SSSR count). The van der Waals surface area contributed by atoms with Crippen LogP contribution in [0.1, 0.15) is 29.3 Å². The van der Waals surface area contributed by atoms with Crippen molar-refractivity contribution in [2.24, 2.45) is 0 Å². The van der Waals surface area contributed by atoms with Gasteiger partial charge in [0.2, 0.25) is 0 Å². The van der Waals surface area contributed by atoms with Crippen LogP contribution in [-0.2, 0) is 4.74 Å². The minimum absolute atomic E-state index is 0.0931. The Balaban J connectivity index is 2.17. The Labute approximate surface area is 112 Å². The number of esters is 1. The van der Waals surface area contributed by atoms with Crippen LogP contribution in [0, 0.1) is 6.92 Å². The number of hydrogen-bond donors (Lipinski definition) is 1. The quantitative estimate of drug-likeness (QED) is 0.845. The summed E-state index contributed by atoms with van der Waals surface area (Å²) in [7, 11) is 0. The Morgan fingerprint density at radius 1 is 1.47 bits per heavy atom. The van der Waals surface area contributed by atoms with Gasteiger partial charge in [0, 0.05) is 18.8 Å². The Hall–Kier alpha value is -2.04. The first-order chi connectivity index (χ1) is 9.13. The minimum atomic E-state index is -0.317. The first-order valence-corrected chi connectivity index (χ1v) is 6.46. The first kappa shape index (κ1) is 13.4. The number of anilines is 1. The molecule has 1 aliphatic rings. The molecule has 0 unspecified atom stereocenters. The minimum Gasteiger partial charge on any atom is -0.462 e. The molecule has 19 heavy (non-hydrogen) atoms. The maximum Gasteiger partial charge on any atom is 0.338 e. The summed E-state index contributed by atoms with van der Waals surface area (Å²) in [5.74, 6) is -0.317. The summed E-state index contributed by atoms with van der Waals surface area (Å²) in [5.41, 5.74) is 2.25. The van der Waals surface area contributed by atoms with E-state index in [-0.39, 0.29) is 12.0 Å². The molecule has 1 saturated heterocycles. The zero-order chi connectivity index (χ0) is 13.8. The molecule has 0 spiro atoms. The Morgan fingerprint density at radius 2 is 2.26 bits per heavy atom. The maximum atomic E-state index is 11.7. The predicted octanol–water partition coefficient (Wildman–Crippen LogP) is 2.09. The van der Waals surface area contributed by atoms with Crippen molar-refractivity contribution >= 4 is 17.7 Å². The molecule has 102 valence electrons. The van der Waals surface area contributed by atoms with E-state index in [0.717, 1.165) is 17.7 Å². The van der Waals surface area contributed by atoms with Crippen molar-refractivity contribution in [3.8, 4) is 0 Å². The smallest absolute Gasteiger partial charge is 0.338 e. The number of carbonyl (C=O) groups excluding carboxylic acids is 2. The molecule has 0 aromatic heterocycles. The summed E-state index contributed by atoms with van der Waals surface area (Å²) in [6.07, 6.45) is 0.802. The predicted molar refractivity (Wildman–Crippen MR) is 72.5 cm³/mol. The largest absolute Gasteiger partial charge is 0.462 e. The second kappa shape index (κ2) is 5.73. The highest BCUT2D eigenvalue weighted by Crippen LogP contribution is 2.23. The van der Waals surface area contributed by atoms with E-state index in [1.165, 1.54) is 0 Å². The third-order valence-electron chi connectivity index (χ3n) is 3.02. The number of urea groups is 1. The fourth-order valence-electron chi connectivity index (χ4n) is 2.06. The van der Waals surface area contributed by atoms with Crippen LogP contribution in [0.5, 0.6) is 0 Å². The number of hydrogen-bond acceptors (Lipinski definition) is 3. The van der Waals surface area contributed by atoms with Gasteiger partial charge in [0.1, 0.15) is 0 Å². The molecule has 0 saturated carbocycles. The number of nitrogens with zero attached hydrogens (tertiary/aromatic N) is 1. The zero-order valence-electron chi connectivity index (χ0n) is 11.2. The van der Waals surface area contributed by atoms with E-state index in [9.17, 15) is 9.59 Å². The lowest BCUT2D eigenvalue weighted by molar-refractivity contribution is 0.0505. The van der Waals surface area contributed by atoms with Gasteiger partial charge < -0.3 is 10.1 Å². The van der Waals surface area contributed by atoms with Crippen LogP contribution in [0.15, 0.2) is 18.2 Å². The molecule has 0 aliphatic carbocycles. The van der Waals surface area contributed by atoms with Gasteiger partial charge >= 0.3 is 12.0 Å². The lowest BCUT2D eigenvalue weighted by Crippen LogP contribution is -2.28. The number of amides is 2. The average Bonchev–Trinajstić information content (AvgIpc) is 2.82. The standard InChI is InChI=1S/C14H18N2O3/c1-3-8-19-13(17)11-4-5-12(10(2)9-11)16-7-6-15-14(16)18/h4-5,9H,3,6-8H2,1-2H3,(H,15,18). The summed E-state index contributed by atoms with van der Waals surface area (Å²) < 4.78 is 5.09. The van der Waals surface area contributed by atoms with Crippen LogP contribution in [0.3, 0.4) is 0 Å². The lowest BCUT2D eigenvalue weighted by Gasteiger charge is -2.17. The molecule has 1 aromatic rings. The van der Waals surface area contributed by atoms with E-state index in [2.05, 4.69) is 5.32 Å². The van der Waals surface area contributed by atoms with Crippen molar-refractivity contribution in [3.05, 3.63) is 29.3 Å². The Morgan fingerprint density at radius 3 is 2.84 bits per heavy atom. The summed E-state index contributed by atoms with van der Waals surface area (Å²) >= 11 is 0. The summed E-state index contributed by atoms with van der Waals surface area (Å²) in [5, 5.41) is 2.76. The number of ether oxygens (including phenoxy) is 1. The van der Waals surface area contributed by atoms with E-state index in [1.54, 1.807) is 23.1 Å². The molecule has 2 amide bonds. The average molecular weight is 262 g/mol. The van der Waals surface area contributed by atoms with E-state index >= 15 is 0 Å². The van der Waals surface area contributed by atoms with Crippen LogP contribution >= 0.6 is 0 Å². The van der Waals surface area contributed by atoms with E-state index in [4.69, 9.17) is 4.74 Å². The molecule has 1 N–H and O–H groups in total. The number of rotatable bonds is 4. The third-order valence-corrected chi connectivity index (χ3v) is 3.02. The van der Waals surface area contributed by atoms with Crippen molar-refractivity contribution in [1.82, 2.24) is 5.32 Å². The van der Waals surface area contributed by atoms with Crippen LogP contribution in [0.2, 0.25) is 0 Å². The second-order valence-electron chi connectivity index (χ2n) is 4.52. The highest BCUT2D eigenvalue weighted by molar-refractivity contribution is 5.96. The molecule has 1 fully saturated rings. The maximum absolute atomic E-state index is 11.7. The SMILES string of the molecule is CCCOC(=O)c1ccc(N2CCNC2=O)c(C)c1. The highest BCUT2D eigenvalue weighted by atomic mass is 16.5. The van der Waals surface area contributed by atoms with Gasteiger partial charge in [-0.25, -0.2) is 9.59 Å². The van der Waals surface area contributed by atoms with Crippen molar-refractivity contribution in [1.29, 1.82) is 0 Å². The Bertz CT molecular complexity index is 499. The van der Waals surface area contributed by atoms with Gasteiger partial charge in [-0.05, 0) is 37.1 Å². The van der Waals surface area contributed by atoms with Gasteiger partial charge in [0.25, 0.3) is 0 Å². The molecular formula is C14H18N2O3. The molecule has 0 atom stereocenters. The van der Waals surface area contributed by atoms with Gasteiger partial charge in [-0.3, -0.25) is 4.90 Å². The van der Waals surface area contributed by atoms with Gasteiger partial charge in [0.05, 0.1) is 12.2 Å². The molecule has 5 nitrogen and oxygen atoms in total. The summed E-state index contributed by atoms with van der Waals surface area (Å²) in [6.45, 7) is 5.57. The van der Waals surface area contributed by atoms with E-state index < -0.39 is 0 Å². The number of benzene rings is 1. The van der Waals surface area contributed by atoms with Crippen LogP contribution in [-0.4, -0.2) is 31.7 Å². The fourth-order valence-corrected chi connectivity index (χ4v) is 2.06. The van der Waals surface area contributed by atoms with Crippen molar-refractivity contribution < 1.29 is 14.3 Å². The van der Waals surface area contributed by atoms with E-state index in [0.29, 0.717) is 25.3 Å². The first-order valence-electron chi connectivity index (χ1n) is 6.46. The number of aryl methyl sites for hydroxylation is 1. The second-order valence-corrected chi connectivity index (χ2v) is 4.52. The van der Waals surface area contributed by atoms with Gasteiger partial charge in [-0.15, -0.1) is 0 Å². The number of nitrogens with one attached hydrogen (secondary N) is 1. The molecule has 1 heterocycles. The molecular weight excluding hydrogens is 244 g/mol. The van der Waals surface area contributed by atoms with Gasteiger partial charge in [0.15, 0.2) is 0 Å². The van der Waals surface area contributed by atoms with Crippen molar-refractivity contribution in [2.75, 3.05) is 24.6 Å². The summed E-state index contributed by atoms with van der Waals surface area (Å²) in [6, 6.07) is 5.16. The van der Waals surface area contributed by atoms with E-state index in [1.807, 2.05) is 13.8 Å². The van der Waals surface area contributed by atoms with Gasteiger partial charge in [-0.2, -0.15) is 0 Å². The van der Waals surface area contributed by atoms with Gasteiger partial charge in [-0.1, -0.05) is 6.92 Å². The third kappa shape index (κ3) is 2.86. The van der Waals surface area contributed by atoms with Crippen LogP contribution in [0.4, 0.5) is 10.5 Å². The monoisotopic (exact) mass is 262 g/mol. The summed E-state index contributed by atoms with van der Waals surface area (Å²) in [4.78, 5) is 25.0. The lowest BCUT2D eigenvalue weighted by atomic mass is 10.1. The topological polar surface area (TPSA) is 58.6 Å². The molecule has 1 aliphatic heterocycles. The normalized spacial score (nSPS) is 14.4. The Kier molecular flexibility index (Phi) is 4.04. The van der Waals surface area contributed by atoms with Crippen molar-refractivity contribution in [3.63, 3.8) is 0 Å². The molecule has 1 aromatic carbocycles. The fraction of sp³-hybridized carbons (Fsp3) is 0.429. The molecule has 0 bridgehead atoms. The number of carbonyl (C=O) groups is 2.